The monoisotopic (exact) mass is 482 g/mol. The molecule has 11 heteroatoms. The van der Waals surface area contributed by atoms with E-state index in [9.17, 15) is 18.8 Å². The molecular formula is C23H23FN6O3S. The summed E-state index contributed by atoms with van der Waals surface area (Å²) >= 11 is 0.692. The van der Waals surface area contributed by atoms with Crippen LogP contribution in [0.3, 0.4) is 0 Å². The first-order valence-corrected chi connectivity index (χ1v) is 11.5. The number of nitrogens with zero attached hydrogens (tertiary/aromatic N) is 3. The zero-order valence-corrected chi connectivity index (χ0v) is 18.9. The lowest BCUT2D eigenvalue weighted by Crippen LogP contribution is -2.46. The fourth-order valence-electron chi connectivity index (χ4n) is 4.06. The predicted octanol–water partition coefficient (Wildman–Crippen LogP) is 2.81. The molecule has 34 heavy (non-hydrogen) atoms. The lowest BCUT2D eigenvalue weighted by atomic mass is 10.0. The number of primary amides is 1. The Morgan fingerprint density at radius 2 is 1.85 bits per heavy atom. The summed E-state index contributed by atoms with van der Waals surface area (Å²) in [4.78, 5) is 44.1. The number of halogens is 1. The number of rotatable bonds is 7. The minimum atomic E-state index is -1.16. The number of aromatic nitrogens is 2. The van der Waals surface area contributed by atoms with Gasteiger partial charge in [0, 0.05) is 24.1 Å². The molecular weight excluding hydrogens is 459 g/mol. The van der Waals surface area contributed by atoms with Crippen molar-refractivity contribution in [2.75, 3.05) is 10.6 Å². The third-order valence-electron chi connectivity index (χ3n) is 5.69. The fourth-order valence-corrected chi connectivity index (χ4v) is 4.80. The molecule has 0 saturated heterocycles. The first-order chi connectivity index (χ1) is 16.4. The van der Waals surface area contributed by atoms with E-state index in [0.29, 0.717) is 17.1 Å². The molecule has 2 heterocycles. The Morgan fingerprint density at radius 1 is 1.15 bits per heavy atom. The number of carbonyl (C=O) groups is 3. The van der Waals surface area contributed by atoms with E-state index >= 15 is 0 Å². The van der Waals surface area contributed by atoms with Gasteiger partial charge in [-0.2, -0.15) is 4.37 Å². The molecule has 1 saturated carbocycles. The van der Waals surface area contributed by atoms with Crippen molar-refractivity contribution >= 4 is 40.6 Å². The molecule has 9 nitrogen and oxygen atoms in total. The van der Waals surface area contributed by atoms with E-state index in [2.05, 4.69) is 14.7 Å². The summed E-state index contributed by atoms with van der Waals surface area (Å²) in [6.07, 6.45) is 6.70. The Hall–Kier alpha value is -3.86. The molecule has 2 aromatic heterocycles. The molecule has 176 valence electrons. The second-order valence-corrected chi connectivity index (χ2v) is 8.74. The summed E-state index contributed by atoms with van der Waals surface area (Å²) in [5.41, 5.74) is 11.5. The van der Waals surface area contributed by atoms with E-state index in [1.807, 2.05) is 0 Å². The van der Waals surface area contributed by atoms with Gasteiger partial charge in [0.25, 0.3) is 11.8 Å². The van der Waals surface area contributed by atoms with E-state index in [-0.39, 0.29) is 28.0 Å². The number of nitrogens with two attached hydrogens (primary N) is 2. The normalized spacial score (nSPS) is 14.5. The van der Waals surface area contributed by atoms with Crippen molar-refractivity contribution in [2.45, 2.75) is 37.8 Å². The van der Waals surface area contributed by atoms with Gasteiger partial charge in [-0.05, 0) is 60.3 Å². The minimum absolute atomic E-state index is 0.0174. The molecule has 4 rings (SSSR count). The van der Waals surface area contributed by atoms with Crippen LogP contribution in [0.5, 0.6) is 0 Å². The van der Waals surface area contributed by atoms with E-state index in [0.717, 1.165) is 36.6 Å². The van der Waals surface area contributed by atoms with Crippen molar-refractivity contribution in [1.82, 2.24) is 14.7 Å². The maximum Gasteiger partial charge on any atom is 0.273 e. The van der Waals surface area contributed by atoms with Gasteiger partial charge in [0.05, 0.1) is 5.69 Å². The highest BCUT2D eigenvalue weighted by Gasteiger charge is 2.37. The number of amides is 3. The molecule has 1 aromatic carbocycles. The van der Waals surface area contributed by atoms with Crippen molar-refractivity contribution in [1.29, 1.82) is 0 Å². The number of hydrogen-bond acceptors (Lipinski definition) is 7. The second kappa shape index (κ2) is 9.96. The van der Waals surface area contributed by atoms with Crippen LogP contribution in [-0.4, -0.2) is 33.1 Å². The summed E-state index contributed by atoms with van der Waals surface area (Å²) in [7, 11) is 0. The lowest BCUT2D eigenvalue weighted by molar-refractivity contribution is -0.123. The number of benzene rings is 1. The lowest BCUT2D eigenvalue weighted by Gasteiger charge is -2.32. The Balaban J connectivity index is 1.84. The first kappa shape index (κ1) is 23.3. The molecule has 1 fully saturated rings. The molecule has 1 atom stereocenters. The van der Waals surface area contributed by atoms with Crippen LogP contribution in [0.25, 0.3) is 0 Å². The first-order valence-electron chi connectivity index (χ1n) is 10.7. The molecule has 1 aliphatic carbocycles. The summed E-state index contributed by atoms with van der Waals surface area (Å²) in [5.74, 6) is -2.60. The standard InChI is InChI=1S/C23H23FN6O3S/c24-14-4-3-7-16(12-14)30(23(33)20-17(25)18(21(26)31)29-34-20)19(13-8-10-27-11-9-13)22(32)28-15-5-1-2-6-15/h3-4,7-12,15,19H,1-2,5-6,25H2,(H2,26,31)(H,28,32). The van der Waals surface area contributed by atoms with Crippen molar-refractivity contribution in [3.63, 3.8) is 0 Å². The van der Waals surface area contributed by atoms with Gasteiger partial charge in [-0.15, -0.1) is 0 Å². The Kier molecular flexibility index (Phi) is 6.82. The summed E-state index contributed by atoms with van der Waals surface area (Å²) in [6.45, 7) is 0. The molecule has 5 N–H and O–H groups in total. The molecule has 0 bridgehead atoms. The van der Waals surface area contributed by atoms with Crippen LogP contribution < -0.4 is 21.7 Å². The van der Waals surface area contributed by atoms with Crippen molar-refractivity contribution in [2.24, 2.45) is 5.73 Å². The van der Waals surface area contributed by atoms with Crippen LogP contribution in [-0.2, 0) is 4.79 Å². The number of hydrogen-bond donors (Lipinski definition) is 3. The highest BCUT2D eigenvalue weighted by molar-refractivity contribution is 7.09. The van der Waals surface area contributed by atoms with Gasteiger partial charge in [0.2, 0.25) is 5.91 Å². The van der Waals surface area contributed by atoms with Gasteiger partial charge in [0.15, 0.2) is 5.69 Å². The number of pyridine rings is 1. The highest BCUT2D eigenvalue weighted by Crippen LogP contribution is 2.33. The maximum atomic E-state index is 14.2. The SMILES string of the molecule is NC(=O)c1nsc(C(=O)N(c2cccc(F)c2)C(C(=O)NC2CCCC2)c2ccncc2)c1N. The number of nitrogens with one attached hydrogen (secondary N) is 1. The fraction of sp³-hybridized carbons (Fsp3) is 0.261. The highest BCUT2D eigenvalue weighted by atomic mass is 32.1. The van der Waals surface area contributed by atoms with Gasteiger partial charge in [-0.25, -0.2) is 4.39 Å². The van der Waals surface area contributed by atoms with Crippen LogP contribution in [0.4, 0.5) is 15.8 Å². The zero-order chi connectivity index (χ0) is 24.2. The topological polar surface area (TPSA) is 144 Å². The second-order valence-electron chi connectivity index (χ2n) is 7.97. The molecule has 1 unspecified atom stereocenters. The molecule has 0 radical (unpaired) electrons. The van der Waals surface area contributed by atoms with Gasteiger partial charge < -0.3 is 16.8 Å². The largest absolute Gasteiger partial charge is 0.395 e. The van der Waals surface area contributed by atoms with Gasteiger partial charge in [-0.1, -0.05) is 18.9 Å². The molecule has 0 aliphatic heterocycles. The van der Waals surface area contributed by atoms with E-state index in [4.69, 9.17) is 11.5 Å². The van der Waals surface area contributed by atoms with Crippen LogP contribution in [0, 0.1) is 5.82 Å². The summed E-state index contributed by atoms with van der Waals surface area (Å²) in [6, 6.07) is 7.40. The predicted molar refractivity (Wildman–Crippen MR) is 126 cm³/mol. The van der Waals surface area contributed by atoms with Crippen molar-refractivity contribution in [3.8, 4) is 0 Å². The van der Waals surface area contributed by atoms with Crippen LogP contribution >= 0.6 is 11.5 Å². The molecule has 3 aromatic rings. The summed E-state index contributed by atoms with van der Waals surface area (Å²) < 4.78 is 18.1. The smallest absolute Gasteiger partial charge is 0.273 e. The average molecular weight is 483 g/mol. The van der Waals surface area contributed by atoms with E-state index in [1.165, 1.54) is 30.6 Å². The summed E-state index contributed by atoms with van der Waals surface area (Å²) in [5, 5.41) is 3.02. The van der Waals surface area contributed by atoms with Gasteiger partial charge in [0.1, 0.15) is 16.7 Å². The number of anilines is 2. The van der Waals surface area contributed by atoms with Crippen LogP contribution in [0.1, 0.15) is 57.4 Å². The van der Waals surface area contributed by atoms with Crippen LogP contribution in [0.15, 0.2) is 48.8 Å². The molecule has 1 aliphatic rings. The van der Waals surface area contributed by atoms with Crippen molar-refractivity contribution in [3.05, 3.63) is 70.7 Å². The third kappa shape index (κ3) is 4.74. The Bertz CT molecular complexity index is 1210. The maximum absolute atomic E-state index is 14.2. The van der Waals surface area contributed by atoms with E-state index in [1.54, 1.807) is 12.1 Å². The quantitative estimate of drug-likeness (QED) is 0.472. The number of nitrogen functional groups attached to an aromatic ring is 1. The van der Waals surface area contributed by atoms with Crippen LogP contribution in [0.2, 0.25) is 0 Å². The van der Waals surface area contributed by atoms with Crippen molar-refractivity contribution < 1.29 is 18.8 Å². The third-order valence-corrected chi connectivity index (χ3v) is 6.54. The number of carbonyl (C=O) groups excluding carboxylic acids is 3. The zero-order valence-electron chi connectivity index (χ0n) is 18.1. The van der Waals surface area contributed by atoms with E-state index < -0.39 is 29.6 Å². The average Bonchev–Trinajstić information content (AvgIpc) is 3.47. The van der Waals surface area contributed by atoms with Gasteiger partial charge >= 0.3 is 0 Å². The molecule has 3 amide bonds. The Morgan fingerprint density at radius 3 is 2.47 bits per heavy atom. The van der Waals surface area contributed by atoms with Gasteiger partial charge in [-0.3, -0.25) is 24.3 Å². The molecule has 0 spiro atoms. The Labute approximate surface area is 199 Å². The minimum Gasteiger partial charge on any atom is -0.395 e.